The number of rotatable bonds is 5. The number of hydrogen-bond acceptors (Lipinski definition) is 6. The number of carbonyl (C=O) groups excluding carboxylic acids is 1. The number of thioether (sulfide) groups is 1. The van der Waals surface area contributed by atoms with Crippen LogP contribution in [0.5, 0.6) is 0 Å². The van der Waals surface area contributed by atoms with Gasteiger partial charge in [-0.1, -0.05) is 23.4 Å². The molecule has 0 fully saturated rings. The average molecular weight is 436 g/mol. The van der Waals surface area contributed by atoms with Crippen molar-refractivity contribution in [1.82, 2.24) is 9.97 Å². The molecule has 4 aromatic rings. The quantitative estimate of drug-likeness (QED) is 0.394. The molecule has 0 unspecified atom stereocenters. The van der Waals surface area contributed by atoms with Crippen molar-refractivity contribution in [2.24, 2.45) is 0 Å². The molecule has 0 radical (unpaired) electrons. The zero-order chi connectivity index (χ0) is 18.8. The van der Waals surface area contributed by atoms with Crippen LogP contribution in [-0.2, 0) is 4.79 Å². The molecule has 2 aromatic heterocycles. The topological polar surface area (TPSA) is 54.9 Å². The first-order chi connectivity index (χ1) is 13.1. The van der Waals surface area contributed by atoms with Gasteiger partial charge in [-0.05, 0) is 42.5 Å². The molecule has 0 spiro atoms. The first-order valence-corrected chi connectivity index (χ1v) is 10.8. The molecule has 1 N–H and O–H groups in total. The maximum atomic E-state index is 13.0. The van der Waals surface area contributed by atoms with Crippen molar-refractivity contribution in [1.29, 1.82) is 0 Å². The lowest BCUT2D eigenvalue weighted by molar-refractivity contribution is -0.113. The van der Waals surface area contributed by atoms with Gasteiger partial charge in [-0.25, -0.2) is 14.4 Å². The molecule has 27 heavy (non-hydrogen) atoms. The zero-order valence-electron chi connectivity index (χ0n) is 13.6. The van der Waals surface area contributed by atoms with Crippen molar-refractivity contribution in [2.75, 3.05) is 11.1 Å². The van der Waals surface area contributed by atoms with Crippen molar-refractivity contribution in [3.63, 3.8) is 0 Å². The SMILES string of the molecule is O=C(CSc1nc2cc(Cl)ccc2s1)Nc1nc(-c2ccc(F)cc2)cs1. The number of nitrogens with one attached hydrogen (secondary N) is 1. The third-order valence-electron chi connectivity index (χ3n) is 3.55. The van der Waals surface area contributed by atoms with Crippen molar-refractivity contribution in [2.45, 2.75) is 4.34 Å². The van der Waals surface area contributed by atoms with Crippen molar-refractivity contribution >= 4 is 67.3 Å². The summed E-state index contributed by atoms with van der Waals surface area (Å²) < 4.78 is 14.9. The van der Waals surface area contributed by atoms with Crippen molar-refractivity contribution < 1.29 is 9.18 Å². The Hall–Kier alpha value is -2.00. The van der Waals surface area contributed by atoms with Gasteiger partial charge < -0.3 is 5.32 Å². The lowest BCUT2D eigenvalue weighted by atomic mass is 10.2. The van der Waals surface area contributed by atoms with E-state index >= 15 is 0 Å². The van der Waals surface area contributed by atoms with Crippen LogP contribution in [0.2, 0.25) is 5.02 Å². The lowest BCUT2D eigenvalue weighted by Gasteiger charge is -2.00. The van der Waals surface area contributed by atoms with Gasteiger partial charge in [-0.2, -0.15) is 0 Å². The van der Waals surface area contributed by atoms with Crippen molar-refractivity contribution in [3.05, 3.63) is 58.7 Å². The molecule has 0 saturated heterocycles. The molecule has 0 aliphatic rings. The molecule has 0 aliphatic heterocycles. The Labute approximate surface area is 171 Å². The molecular formula is C18H11ClFN3OS3. The minimum atomic E-state index is -0.295. The van der Waals surface area contributed by atoms with E-state index in [4.69, 9.17) is 11.6 Å². The number of anilines is 1. The second-order valence-corrected chi connectivity index (χ2v) is 9.02. The summed E-state index contributed by atoms with van der Waals surface area (Å²) in [6, 6.07) is 11.6. The Kier molecular flexibility index (Phi) is 5.40. The summed E-state index contributed by atoms with van der Waals surface area (Å²) in [4.78, 5) is 21.0. The third-order valence-corrected chi connectivity index (χ3v) is 6.72. The number of amides is 1. The van der Waals surface area contributed by atoms with E-state index in [1.807, 2.05) is 23.6 Å². The highest BCUT2D eigenvalue weighted by atomic mass is 35.5. The highest BCUT2D eigenvalue weighted by Crippen LogP contribution is 2.31. The highest BCUT2D eigenvalue weighted by Gasteiger charge is 2.11. The van der Waals surface area contributed by atoms with Gasteiger partial charge in [0.05, 0.1) is 21.7 Å². The first kappa shape index (κ1) is 18.4. The Morgan fingerprint density at radius 2 is 2.00 bits per heavy atom. The van der Waals surface area contributed by atoms with Gasteiger partial charge in [0.2, 0.25) is 5.91 Å². The maximum Gasteiger partial charge on any atom is 0.236 e. The van der Waals surface area contributed by atoms with E-state index in [0.717, 1.165) is 20.1 Å². The van der Waals surface area contributed by atoms with Gasteiger partial charge in [0.15, 0.2) is 9.47 Å². The van der Waals surface area contributed by atoms with Gasteiger partial charge in [0.25, 0.3) is 0 Å². The predicted octanol–water partition coefficient (Wildman–Crippen LogP) is 5.94. The summed E-state index contributed by atoms with van der Waals surface area (Å²) in [6.07, 6.45) is 0. The van der Waals surface area contributed by atoms with Crippen LogP contribution in [0.25, 0.3) is 21.5 Å². The molecule has 0 atom stereocenters. The van der Waals surface area contributed by atoms with E-state index in [9.17, 15) is 9.18 Å². The lowest BCUT2D eigenvalue weighted by Crippen LogP contribution is -2.13. The summed E-state index contributed by atoms with van der Waals surface area (Å²) in [7, 11) is 0. The van der Waals surface area contributed by atoms with Gasteiger partial charge in [-0.3, -0.25) is 4.79 Å². The zero-order valence-corrected chi connectivity index (χ0v) is 16.8. The van der Waals surface area contributed by atoms with Crippen LogP contribution in [-0.4, -0.2) is 21.6 Å². The average Bonchev–Trinajstić information content (AvgIpc) is 3.27. The van der Waals surface area contributed by atoms with Crippen LogP contribution in [0.3, 0.4) is 0 Å². The van der Waals surface area contributed by atoms with E-state index in [-0.39, 0.29) is 17.5 Å². The normalized spacial score (nSPS) is 11.0. The number of halogens is 2. The molecule has 0 bridgehead atoms. The summed E-state index contributed by atoms with van der Waals surface area (Å²) in [5.74, 6) is -0.215. The smallest absolute Gasteiger partial charge is 0.236 e. The number of fused-ring (bicyclic) bond motifs is 1. The molecule has 1 amide bonds. The molecule has 9 heteroatoms. The number of nitrogens with zero attached hydrogens (tertiary/aromatic N) is 2. The second-order valence-electron chi connectivity index (χ2n) is 5.47. The van der Waals surface area contributed by atoms with Crippen LogP contribution in [0.4, 0.5) is 9.52 Å². The van der Waals surface area contributed by atoms with Crippen LogP contribution in [0, 0.1) is 5.82 Å². The fraction of sp³-hybridized carbons (Fsp3) is 0.0556. The molecule has 2 heterocycles. The standard InChI is InChI=1S/C18H11ClFN3OS3/c19-11-3-6-15-13(7-11)22-18(27-15)26-9-16(24)23-17-21-14(8-25-17)10-1-4-12(20)5-2-10/h1-8H,9H2,(H,21,23,24). The largest absolute Gasteiger partial charge is 0.301 e. The van der Waals surface area contributed by atoms with Crippen LogP contribution in [0.15, 0.2) is 52.2 Å². The number of benzene rings is 2. The Bertz CT molecular complexity index is 1110. The highest BCUT2D eigenvalue weighted by molar-refractivity contribution is 8.01. The van der Waals surface area contributed by atoms with Gasteiger partial charge in [-0.15, -0.1) is 22.7 Å². The van der Waals surface area contributed by atoms with Gasteiger partial charge in [0, 0.05) is 16.0 Å². The Morgan fingerprint density at radius 1 is 1.19 bits per heavy atom. The molecule has 0 aliphatic carbocycles. The van der Waals surface area contributed by atoms with E-state index in [1.54, 1.807) is 12.1 Å². The molecule has 4 nitrogen and oxygen atoms in total. The molecular weight excluding hydrogens is 425 g/mol. The monoisotopic (exact) mass is 435 g/mol. The minimum Gasteiger partial charge on any atom is -0.301 e. The summed E-state index contributed by atoms with van der Waals surface area (Å²) in [5.41, 5.74) is 2.33. The summed E-state index contributed by atoms with van der Waals surface area (Å²) >= 11 is 10.2. The maximum absolute atomic E-state index is 13.0. The fourth-order valence-corrected chi connectivity index (χ4v) is 5.06. The molecule has 4 rings (SSSR count). The Morgan fingerprint density at radius 3 is 2.81 bits per heavy atom. The Balaban J connectivity index is 1.37. The van der Waals surface area contributed by atoms with Crippen LogP contribution in [0.1, 0.15) is 0 Å². The number of hydrogen-bond donors (Lipinski definition) is 1. The second kappa shape index (κ2) is 7.93. The van der Waals surface area contributed by atoms with Gasteiger partial charge >= 0.3 is 0 Å². The van der Waals surface area contributed by atoms with E-state index in [1.165, 1.54) is 46.6 Å². The molecule has 0 saturated carbocycles. The first-order valence-electron chi connectivity index (χ1n) is 7.77. The summed E-state index contributed by atoms with van der Waals surface area (Å²) in [5, 5.41) is 5.76. The molecule has 136 valence electrons. The number of aromatic nitrogens is 2. The minimum absolute atomic E-state index is 0.155. The number of carbonyl (C=O) groups is 1. The van der Waals surface area contributed by atoms with Crippen LogP contribution >= 0.6 is 46.0 Å². The van der Waals surface area contributed by atoms with Crippen molar-refractivity contribution in [3.8, 4) is 11.3 Å². The summed E-state index contributed by atoms with van der Waals surface area (Å²) in [6.45, 7) is 0. The number of thiazole rings is 2. The van der Waals surface area contributed by atoms with E-state index in [0.29, 0.717) is 15.8 Å². The van der Waals surface area contributed by atoms with Crippen LogP contribution < -0.4 is 5.32 Å². The van der Waals surface area contributed by atoms with E-state index in [2.05, 4.69) is 15.3 Å². The molecule has 2 aromatic carbocycles. The van der Waals surface area contributed by atoms with E-state index < -0.39 is 0 Å². The third kappa shape index (κ3) is 4.47. The predicted molar refractivity (Wildman–Crippen MR) is 111 cm³/mol. The van der Waals surface area contributed by atoms with Gasteiger partial charge in [0.1, 0.15) is 5.82 Å². The fourth-order valence-electron chi connectivity index (χ4n) is 2.31.